The molecule has 1 aromatic carbocycles. The second-order valence-electron chi connectivity index (χ2n) is 4.28. The van der Waals surface area contributed by atoms with Gasteiger partial charge in [-0.3, -0.25) is 4.79 Å². The molecular weight excluding hydrogens is 224 g/mol. The van der Waals surface area contributed by atoms with E-state index >= 15 is 0 Å². The summed E-state index contributed by atoms with van der Waals surface area (Å²) in [6, 6.07) is 11.5. The van der Waals surface area contributed by atoms with Crippen LogP contribution in [0.15, 0.2) is 61.1 Å². The van der Waals surface area contributed by atoms with Gasteiger partial charge in [0.25, 0.3) is 0 Å². The van der Waals surface area contributed by atoms with Crippen molar-refractivity contribution in [2.75, 3.05) is 14.1 Å². The van der Waals surface area contributed by atoms with Crippen LogP contribution in [0, 0.1) is 0 Å². The summed E-state index contributed by atoms with van der Waals surface area (Å²) in [5, 5.41) is 0. The van der Waals surface area contributed by atoms with Crippen LogP contribution >= 0.6 is 0 Å². The lowest BCUT2D eigenvalue weighted by Gasteiger charge is -2.04. The Kier molecular flexibility index (Phi) is 3.63. The normalized spacial score (nSPS) is 10.8. The van der Waals surface area contributed by atoms with Gasteiger partial charge in [-0.1, -0.05) is 0 Å². The fraction of sp³-hybridized carbons (Fsp3) is 0.133. The van der Waals surface area contributed by atoms with Gasteiger partial charge in [0.05, 0.1) is 0 Å². The van der Waals surface area contributed by atoms with Crippen molar-refractivity contribution in [3.63, 3.8) is 0 Å². The van der Waals surface area contributed by atoms with Crippen LogP contribution in [0.5, 0.6) is 0 Å². The Hall–Kier alpha value is -2.29. The molecule has 0 bridgehead atoms. The summed E-state index contributed by atoms with van der Waals surface area (Å²) in [5.74, 6) is 0.0164. The lowest BCUT2D eigenvalue weighted by Crippen LogP contribution is -2.03. The fourth-order valence-electron chi connectivity index (χ4n) is 1.62. The molecule has 0 amide bonds. The zero-order chi connectivity index (χ0) is 13.0. The Morgan fingerprint density at radius 3 is 2.28 bits per heavy atom. The fourth-order valence-corrected chi connectivity index (χ4v) is 1.62. The van der Waals surface area contributed by atoms with E-state index in [0.717, 1.165) is 5.69 Å². The number of hydrogen-bond donors (Lipinski definition) is 0. The molecule has 0 atom stereocenters. The molecule has 0 unspecified atom stereocenters. The Balaban J connectivity index is 2.15. The summed E-state index contributed by atoms with van der Waals surface area (Å²) in [5.41, 5.74) is 1.75. The van der Waals surface area contributed by atoms with E-state index in [0.29, 0.717) is 5.56 Å². The monoisotopic (exact) mass is 240 g/mol. The highest BCUT2D eigenvalue weighted by Gasteiger charge is 2.02. The third-order valence-electron chi connectivity index (χ3n) is 2.58. The van der Waals surface area contributed by atoms with E-state index in [2.05, 4.69) is 0 Å². The van der Waals surface area contributed by atoms with Crippen molar-refractivity contribution in [2.24, 2.45) is 0 Å². The lowest BCUT2D eigenvalue weighted by molar-refractivity contribution is 0.104. The van der Waals surface area contributed by atoms with Crippen molar-refractivity contribution < 1.29 is 4.79 Å². The molecule has 0 aliphatic heterocycles. The van der Waals surface area contributed by atoms with Gasteiger partial charge >= 0.3 is 0 Å². The number of hydrogen-bond acceptors (Lipinski definition) is 2. The number of carbonyl (C=O) groups is 1. The first-order chi connectivity index (χ1) is 8.66. The average Bonchev–Trinajstić information content (AvgIpc) is 2.90. The van der Waals surface area contributed by atoms with Crippen LogP contribution in [-0.2, 0) is 0 Å². The molecule has 2 rings (SSSR count). The number of ketones is 1. The molecule has 0 fully saturated rings. The van der Waals surface area contributed by atoms with Crippen molar-refractivity contribution in [1.82, 2.24) is 9.47 Å². The molecule has 0 N–H and O–H groups in total. The van der Waals surface area contributed by atoms with E-state index in [1.807, 2.05) is 72.4 Å². The Labute approximate surface area is 107 Å². The number of benzene rings is 1. The van der Waals surface area contributed by atoms with E-state index in [1.54, 1.807) is 12.3 Å². The van der Waals surface area contributed by atoms with Crippen molar-refractivity contribution in [3.05, 3.63) is 66.6 Å². The molecule has 3 heteroatoms. The largest absolute Gasteiger partial charge is 0.383 e. The molecule has 3 nitrogen and oxygen atoms in total. The first-order valence-electron chi connectivity index (χ1n) is 5.79. The third-order valence-corrected chi connectivity index (χ3v) is 2.58. The second-order valence-corrected chi connectivity index (χ2v) is 4.28. The minimum Gasteiger partial charge on any atom is -0.383 e. The smallest absolute Gasteiger partial charge is 0.187 e. The van der Waals surface area contributed by atoms with E-state index < -0.39 is 0 Å². The highest BCUT2D eigenvalue weighted by molar-refractivity contribution is 6.04. The Morgan fingerprint density at radius 2 is 1.72 bits per heavy atom. The van der Waals surface area contributed by atoms with Gasteiger partial charge in [0.15, 0.2) is 5.78 Å². The SMILES string of the molecule is CN(C)/C=C/C(=O)c1ccc(-n2cccc2)cc1. The van der Waals surface area contributed by atoms with E-state index in [9.17, 15) is 4.79 Å². The summed E-state index contributed by atoms with van der Waals surface area (Å²) in [7, 11) is 3.78. The molecule has 0 aliphatic rings. The predicted octanol–water partition coefficient (Wildman–Crippen LogP) is 2.74. The highest BCUT2D eigenvalue weighted by atomic mass is 16.1. The van der Waals surface area contributed by atoms with Crippen molar-refractivity contribution >= 4 is 5.78 Å². The van der Waals surface area contributed by atoms with Gasteiger partial charge in [-0.2, -0.15) is 0 Å². The Morgan fingerprint density at radius 1 is 1.11 bits per heavy atom. The maximum Gasteiger partial charge on any atom is 0.187 e. The summed E-state index contributed by atoms with van der Waals surface area (Å²) in [6.07, 6.45) is 7.28. The molecule has 1 heterocycles. The van der Waals surface area contributed by atoms with Gasteiger partial charge in [0, 0.05) is 50.0 Å². The minimum atomic E-state index is 0.0164. The van der Waals surface area contributed by atoms with Crippen LogP contribution in [0.2, 0.25) is 0 Å². The molecule has 0 radical (unpaired) electrons. The average molecular weight is 240 g/mol. The maximum absolute atomic E-state index is 11.8. The van der Waals surface area contributed by atoms with E-state index in [1.165, 1.54) is 0 Å². The molecular formula is C15H16N2O. The van der Waals surface area contributed by atoms with Gasteiger partial charge in [0.2, 0.25) is 0 Å². The number of rotatable bonds is 4. The van der Waals surface area contributed by atoms with Crippen LogP contribution in [0.3, 0.4) is 0 Å². The predicted molar refractivity (Wildman–Crippen MR) is 72.9 cm³/mol. The topological polar surface area (TPSA) is 25.2 Å². The summed E-state index contributed by atoms with van der Waals surface area (Å²) >= 11 is 0. The summed E-state index contributed by atoms with van der Waals surface area (Å²) in [4.78, 5) is 13.7. The number of aromatic nitrogens is 1. The molecule has 0 saturated heterocycles. The molecule has 18 heavy (non-hydrogen) atoms. The van der Waals surface area contributed by atoms with Crippen molar-refractivity contribution in [3.8, 4) is 5.69 Å². The molecule has 2 aromatic rings. The minimum absolute atomic E-state index is 0.0164. The van der Waals surface area contributed by atoms with Crippen LogP contribution in [-0.4, -0.2) is 29.3 Å². The van der Waals surface area contributed by atoms with Crippen molar-refractivity contribution in [1.29, 1.82) is 0 Å². The van der Waals surface area contributed by atoms with Crippen molar-refractivity contribution in [2.45, 2.75) is 0 Å². The number of carbonyl (C=O) groups excluding carboxylic acids is 1. The van der Waals surface area contributed by atoms with Crippen LogP contribution in [0.1, 0.15) is 10.4 Å². The van der Waals surface area contributed by atoms with Gasteiger partial charge in [-0.15, -0.1) is 0 Å². The number of nitrogens with zero attached hydrogens (tertiary/aromatic N) is 2. The highest BCUT2D eigenvalue weighted by Crippen LogP contribution is 2.10. The van der Waals surface area contributed by atoms with Crippen LogP contribution < -0.4 is 0 Å². The zero-order valence-corrected chi connectivity index (χ0v) is 10.6. The first kappa shape index (κ1) is 12.2. The van der Waals surface area contributed by atoms with Gasteiger partial charge in [-0.25, -0.2) is 0 Å². The van der Waals surface area contributed by atoms with E-state index in [4.69, 9.17) is 0 Å². The van der Waals surface area contributed by atoms with Crippen LogP contribution in [0.4, 0.5) is 0 Å². The summed E-state index contributed by atoms with van der Waals surface area (Å²) < 4.78 is 2.00. The van der Waals surface area contributed by atoms with E-state index in [-0.39, 0.29) is 5.78 Å². The molecule has 92 valence electrons. The van der Waals surface area contributed by atoms with Gasteiger partial charge in [-0.05, 0) is 36.4 Å². The third kappa shape index (κ3) is 2.88. The van der Waals surface area contributed by atoms with Gasteiger partial charge < -0.3 is 9.47 Å². The maximum atomic E-state index is 11.8. The number of allylic oxidation sites excluding steroid dienone is 1. The lowest BCUT2D eigenvalue weighted by atomic mass is 10.1. The van der Waals surface area contributed by atoms with Crippen LogP contribution in [0.25, 0.3) is 5.69 Å². The second kappa shape index (κ2) is 5.36. The standard InChI is InChI=1S/C15H16N2O/c1-16(2)12-9-15(18)13-5-7-14(8-6-13)17-10-3-4-11-17/h3-12H,1-2H3/b12-9+. The molecule has 0 saturated carbocycles. The molecule has 1 aromatic heterocycles. The molecule has 0 aliphatic carbocycles. The quantitative estimate of drug-likeness (QED) is 0.606. The van der Waals surface area contributed by atoms with Gasteiger partial charge in [0.1, 0.15) is 0 Å². The first-order valence-corrected chi connectivity index (χ1v) is 5.79. The molecule has 0 spiro atoms. The summed E-state index contributed by atoms with van der Waals surface area (Å²) in [6.45, 7) is 0. The Bertz CT molecular complexity index is 536. The zero-order valence-electron chi connectivity index (χ0n) is 10.6.